The lowest BCUT2D eigenvalue weighted by molar-refractivity contribution is -0.122. The zero-order valence-electron chi connectivity index (χ0n) is 16.0. The molecule has 4 rings (SSSR count). The van der Waals surface area contributed by atoms with Crippen LogP contribution in [0.4, 0.5) is 0 Å². The van der Waals surface area contributed by atoms with E-state index in [2.05, 4.69) is 16.7 Å². The Hall–Kier alpha value is -2.82. The molecule has 0 spiro atoms. The van der Waals surface area contributed by atoms with Crippen LogP contribution in [-0.2, 0) is 16.0 Å². The number of nitrogens with one attached hydrogen (secondary N) is 2. The molecule has 2 N–H and O–H groups in total. The summed E-state index contributed by atoms with van der Waals surface area (Å²) in [6, 6.07) is 12.4. The van der Waals surface area contributed by atoms with Crippen molar-refractivity contribution in [3.63, 3.8) is 0 Å². The van der Waals surface area contributed by atoms with Crippen LogP contribution < -0.4 is 10.6 Å². The van der Waals surface area contributed by atoms with Gasteiger partial charge in [0.2, 0.25) is 11.8 Å². The third-order valence-corrected chi connectivity index (χ3v) is 5.54. The van der Waals surface area contributed by atoms with E-state index in [-0.39, 0.29) is 18.2 Å². The highest BCUT2D eigenvalue weighted by Gasteiger charge is 2.16. The van der Waals surface area contributed by atoms with Crippen molar-refractivity contribution in [3.8, 4) is 0 Å². The molecule has 1 aliphatic carbocycles. The summed E-state index contributed by atoms with van der Waals surface area (Å²) in [5, 5.41) is 9.14. The number of amides is 2. The summed E-state index contributed by atoms with van der Waals surface area (Å²) >= 11 is 0. The Morgan fingerprint density at radius 3 is 2.68 bits per heavy atom. The first-order chi connectivity index (χ1) is 13.7. The molecule has 1 heterocycles. The van der Waals surface area contributed by atoms with Crippen LogP contribution in [0.25, 0.3) is 21.7 Å². The number of hydrogen-bond donors (Lipinski definition) is 2. The highest BCUT2D eigenvalue weighted by Crippen LogP contribution is 2.30. The molecule has 146 valence electrons. The van der Waals surface area contributed by atoms with Gasteiger partial charge < -0.3 is 15.1 Å². The topological polar surface area (TPSA) is 71.3 Å². The van der Waals surface area contributed by atoms with Gasteiger partial charge in [-0.05, 0) is 29.7 Å². The van der Waals surface area contributed by atoms with Crippen LogP contribution in [0, 0.1) is 0 Å². The molecule has 1 aliphatic rings. The SMILES string of the molecule is O=C(Cc1coc2ccc3ccccc3c12)NCCC(=O)NC1CCCCC1. The molecule has 2 amide bonds. The van der Waals surface area contributed by atoms with E-state index in [4.69, 9.17) is 4.42 Å². The molecule has 1 fully saturated rings. The maximum atomic E-state index is 12.4. The fraction of sp³-hybridized carbons (Fsp3) is 0.391. The summed E-state index contributed by atoms with van der Waals surface area (Å²) in [5.74, 6) is -0.0759. The average molecular weight is 378 g/mol. The second kappa shape index (κ2) is 8.46. The van der Waals surface area contributed by atoms with Crippen LogP contribution in [0.15, 0.2) is 47.1 Å². The monoisotopic (exact) mass is 378 g/mol. The lowest BCUT2D eigenvalue weighted by atomic mass is 9.95. The summed E-state index contributed by atoms with van der Waals surface area (Å²) in [7, 11) is 0. The Morgan fingerprint density at radius 1 is 1.00 bits per heavy atom. The highest BCUT2D eigenvalue weighted by molar-refractivity contribution is 6.08. The lowest BCUT2D eigenvalue weighted by Crippen LogP contribution is -2.38. The van der Waals surface area contributed by atoms with Gasteiger partial charge in [-0.15, -0.1) is 0 Å². The number of rotatable bonds is 6. The second-order valence-electron chi connectivity index (χ2n) is 7.60. The fourth-order valence-electron chi connectivity index (χ4n) is 4.10. The summed E-state index contributed by atoms with van der Waals surface area (Å²) in [5.41, 5.74) is 1.66. The maximum Gasteiger partial charge on any atom is 0.224 e. The van der Waals surface area contributed by atoms with Crippen LogP contribution in [0.3, 0.4) is 0 Å². The first-order valence-corrected chi connectivity index (χ1v) is 10.1. The average Bonchev–Trinajstić information content (AvgIpc) is 3.12. The first kappa shape index (κ1) is 18.5. The summed E-state index contributed by atoms with van der Waals surface area (Å²) in [4.78, 5) is 24.4. The number of hydrogen-bond acceptors (Lipinski definition) is 3. The molecule has 28 heavy (non-hydrogen) atoms. The molecule has 2 aromatic carbocycles. The summed E-state index contributed by atoms with van der Waals surface area (Å²) in [6.45, 7) is 0.355. The minimum Gasteiger partial charge on any atom is -0.464 e. The second-order valence-corrected chi connectivity index (χ2v) is 7.60. The van der Waals surface area contributed by atoms with E-state index in [1.54, 1.807) is 6.26 Å². The molecule has 0 aliphatic heterocycles. The maximum absolute atomic E-state index is 12.4. The quantitative estimate of drug-likeness (QED) is 0.679. The van der Waals surface area contributed by atoms with Crippen molar-refractivity contribution in [2.75, 3.05) is 6.54 Å². The van der Waals surface area contributed by atoms with Gasteiger partial charge in [-0.1, -0.05) is 49.6 Å². The Balaban J connectivity index is 1.33. The van der Waals surface area contributed by atoms with Crippen LogP contribution in [0.2, 0.25) is 0 Å². The van der Waals surface area contributed by atoms with E-state index in [1.807, 2.05) is 30.3 Å². The highest BCUT2D eigenvalue weighted by atomic mass is 16.3. The summed E-state index contributed by atoms with van der Waals surface area (Å²) < 4.78 is 5.64. The van der Waals surface area contributed by atoms with Gasteiger partial charge >= 0.3 is 0 Å². The van der Waals surface area contributed by atoms with E-state index >= 15 is 0 Å². The zero-order chi connectivity index (χ0) is 19.3. The Bertz CT molecular complexity index is 986. The predicted octanol–water partition coefficient (Wildman–Crippen LogP) is 4.08. The van der Waals surface area contributed by atoms with E-state index in [0.717, 1.165) is 40.1 Å². The predicted molar refractivity (Wildman–Crippen MR) is 110 cm³/mol. The number of carbonyl (C=O) groups excluding carboxylic acids is 2. The Labute approximate surface area is 164 Å². The normalized spacial score (nSPS) is 15.0. The number of carbonyl (C=O) groups is 2. The van der Waals surface area contributed by atoms with E-state index in [0.29, 0.717) is 19.0 Å². The number of fused-ring (bicyclic) bond motifs is 3. The molecular weight excluding hydrogens is 352 g/mol. The van der Waals surface area contributed by atoms with Gasteiger partial charge in [-0.3, -0.25) is 9.59 Å². The van der Waals surface area contributed by atoms with Gasteiger partial charge in [0.15, 0.2) is 0 Å². The van der Waals surface area contributed by atoms with E-state index in [9.17, 15) is 9.59 Å². The van der Waals surface area contributed by atoms with Crippen molar-refractivity contribution in [1.29, 1.82) is 0 Å². The van der Waals surface area contributed by atoms with Crippen LogP contribution >= 0.6 is 0 Å². The van der Waals surface area contributed by atoms with Crippen molar-refractivity contribution < 1.29 is 14.0 Å². The largest absolute Gasteiger partial charge is 0.464 e. The lowest BCUT2D eigenvalue weighted by Gasteiger charge is -2.22. The molecule has 5 nitrogen and oxygen atoms in total. The third-order valence-electron chi connectivity index (χ3n) is 5.54. The fourth-order valence-corrected chi connectivity index (χ4v) is 4.10. The van der Waals surface area contributed by atoms with Crippen molar-refractivity contribution in [2.24, 2.45) is 0 Å². The van der Waals surface area contributed by atoms with Crippen molar-refractivity contribution in [2.45, 2.75) is 51.0 Å². The molecular formula is C23H26N2O3. The Kier molecular flexibility index (Phi) is 5.60. The van der Waals surface area contributed by atoms with Crippen LogP contribution in [-0.4, -0.2) is 24.4 Å². The van der Waals surface area contributed by atoms with Crippen LogP contribution in [0.5, 0.6) is 0 Å². The van der Waals surface area contributed by atoms with Gasteiger partial charge in [0.05, 0.1) is 12.7 Å². The molecule has 0 saturated heterocycles. The Morgan fingerprint density at radius 2 is 1.82 bits per heavy atom. The van der Waals surface area contributed by atoms with Crippen molar-refractivity contribution in [1.82, 2.24) is 10.6 Å². The molecule has 0 atom stereocenters. The molecule has 1 aromatic heterocycles. The number of furan rings is 1. The van der Waals surface area contributed by atoms with Gasteiger partial charge in [-0.2, -0.15) is 0 Å². The molecule has 3 aromatic rings. The van der Waals surface area contributed by atoms with E-state index in [1.165, 1.54) is 19.3 Å². The van der Waals surface area contributed by atoms with Gasteiger partial charge in [0, 0.05) is 30.0 Å². The molecule has 1 saturated carbocycles. The standard InChI is InChI=1S/C23H26N2O3/c26-21(25-18-7-2-1-3-8-18)12-13-24-22(27)14-17-15-28-20-11-10-16-6-4-5-9-19(16)23(17)20/h4-6,9-11,15,18H,1-3,7-8,12-14H2,(H,24,27)(H,25,26). The smallest absolute Gasteiger partial charge is 0.224 e. The number of benzene rings is 2. The minimum absolute atomic E-state index is 0.0203. The third kappa shape index (κ3) is 4.19. The zero-order valence-corrected chi connectivity index (χ0v) is 16.0. The van der Waals surface area contributed by atoms with Crippen molar-refractivity contribution in [3.05, 3.63) is 48.2 Å². The molecule has 0 bridgehead atoms. The van der Waals surface area contributed by atoms with Gasteiger partial charge in [0.1, 0.15) is 5.58 Å². The van der Waals surface area contributed by atoms with Gasteiger partial charge in [0.25, 0.3) is 0 Å². The first-order valence-electron chi connectivity index (χ1n) is 10.1. The van der Waals surface area contributed by atoms with Crippen molar-refractivity contribution >= 4 is 33.6 Å². The summed E-state index contributed by atoms with van der Waals surface area (Å²) in [6.07, 6.45) is 8.00. The van der Waals surface area contributed by atoms with Gasteiger partial charge in [-0.25, -0.2) is 0 Å². The van der Waals surface area contributed by atoms with E-state index < -0.39 is 0 Å². The molecule has 0 unspecified atom stereocenters. The molecule has 0 radical (unpaired) electrons. The minimum atomic E-state index is -0.0962. The molecule has 5 heteroatoms. The van der Waals surface area contributed by atoms with Crippen LogP contribution in [0.1, 0.15) is 44.1 Å².